The molecule has 1 aromatic heterocycles. The Morgan fingerprint density at radius 3 is 2.77 bits per heavy atom. The molecule has 2 aliphatic rings. The second-order valence-corrected chi connectivity index (χ2v) is 6.46. The summed E-state index contributed by atoms with van der Waals surface area (Å²) < 4.78 is 1.84. The van der Waals surface area contributed by atoms with Gasteiger partial charge in [0.1, 0.15) is 6.33 Å². The van der Waals surface area contributed by atoms with Gasteiger partial charge in [0, 0.05) is 26.2 Å². The van der Waals surface area contributed by atoms with Crippen LogP contribution in [0, 0.1) is 0 Å². The molecule has 1 N–H and O–H groups in total. The van der Waals surface area contributed by atoms with E-state index < -0.39 is 0 Å². The van der Waals surface area contributed by atoms with Crippen molar-refractivity contribution >= 4 is 6.03 Å². The molecule has 0 radical (unpaired) electrons. The summed E-state index contributed by atoms with van der Waals surface area (Å²) >= 11 is 0. The first kappa shape index (κ1) is 15.3. The number of likely N-dealkylation sites (tertiary alicyclic amines) is 2. The Hall–Kier alpha value is -1.63. The predicted octanol–water partition coefficient (Wildman–Crippen LogP) is 1.15. The average molecular weight is 306 g/mol. The van der Waals surface area contributed by atoms with Gasteiger partial charge >= 0.3 is 6.03 Å². The van der Waals surface area contributed by atoms with Crippen LogP contribution < -0.4 is 5.32 Å². The molecule has 2 atom stereocenters. The zero-order chi connectivity index (χ0) is 15.5. The summed E-state index contributed by atoms with van der Waals surface area (Å²) in [6.07, 6.45) is 6.55. The van der Waals surface area contributed by atoms with Crippen molar-refractivity contribution in [2.24, 2.45) is 7.05 Å². The Bertz CT molecular complexity index is 510. The van der Waals surface area contributed by atoms with E-state index in [1.807, 2.05) is 23.4 Å². The molecule has 122 valence electrons. The van der Waals surface area contributed by atoms with E-state index in [0.717, 1.165) is 25.3 Å². The Balaban J connectivity index is 1.56. The minimum absolute atomic E-state index is 0.0133. The van der Waals surface area contributed by atoms with Crippen LogP contribution in [0.15, 0.2) is 6.33 Å². The van der Waals surface area contributed by atoms with Gasteiger partial charge in [-0.3, -0.25) is 4.90 Å². The lowest BCUT2D eigenvalue weighted by atomic mass is 10.0. The Morgan fingerprint density at radius 1 is 1.32 bits per heavy atom. The lowest BCUT2D eigenvalue weighted by molar-refractivity contribution is 0.123. The minimum Gasteiger partial charge on any atom is -0.328 e. The van der Waals surface area contributed by atoms with E-state index in [2.05, 4.69) is 20.4 Å². The van der Waals surface area contributed by atoms with Crippen molar-refractivity contribution in [3.05, 3.63) is 12.2 Å². The first-order valence-electron chi connectivity index (χ1n) is 8.28. The molecule has 0 aromatic carbocycles. The van der Waals surface area contributed by atoms with Crippen LogP contribution in [-0.2, 0) is 7.05 Å². The van der Waals surface area contributed by atoms with Crippen LogP contribution in [0.2, 0.25) is 0 Å². The highest BCUT2D eigenvalue weighted by atomic mass is 16.2. The molecular weight excluding hydrogens is 280 g/mol. The van der Waals surface area contributed by atoms with E-state index in [9.17, 15) is 4.79 Å². The van der Waals surface area contributed by atoms with Crippen molar-refractivity contribution < 1.29 is 4.79 Å². The third-order valence-electron chi connectivity index (χ3n) is 4.81. The quantitative estimate of drug-likeness (QED) is 0.909. The van der Waals surface area contributed by atoms with Crippen LogP contribution in [0.3, 0.4) is 0 Å². The monoisotopic (exact) mass is 306 g/mol. The van der Waals surface area contributed by atoms with Crippen molar-refractivity contribution in [2.75, 3.05) is 26.2 Å². The summed E-state index contributed by atoms with van der Waals surface area (Å²) in [7, 11) is 1.89. The third kappa shape index (κ3) is 3.24. The number of urea groups is 1. The molecule has 3 rings (SSSR count). The van der Waals surface area contributed by atoms with Gasteiger partial charge in [0.25, 0.3) is 0 Å². The molecule has 2 amide bonds. The molecule has 0 bridgehead atoms. The molecule has 0 saturated carbocycles. The molecule has 7 nitrogen and oxygen atoms in total. The topological polar surface area (TPSA) is 66.3 Å². The maximum absolute atomic E-state index is 12.5. The molecule has 3 heterocycles. The number of nitrogens with zero attached hydrogens (tertiary/aromatic N) is 5. The van der Waals surface area contributed by atoms with Crippen LogP contribution in [-0.4, -0.2) is 62.8 Å². The van der Waals surface area contributed by atoms with Crippen molar-refractivity contribution in [1.82, 2.24) is 29.9 Å². The predicted molar refractivity (Wildman–Crippen MR) is 83.4 cm³/mol. The number of hydrogen-bond donors (Lipinski definition) is 1. The second-order valence-electron chi connectivity index (χ2n) is 6.46. The van der Waals surface area contributed by atoms with Crippen molar-refractivity contribution in [1.29, 1.82) is 0 Å². The number of aryl methyl sites for hydroxylation is 1. The smallest absolute Gasteiger partial charge is 0.318 e. The molecular formula is C15H26N6O. The van der Waals surface area contributed by atoms with E-state index >= 15 is 0 Å². The van der Waals surface area contributed by atoms with Crippen LogP contribution in [0.4, 0.5) is 4.79 Å². The van der Waals surface area contributed by atoms with Crippen LogP contribution in [0.5, 0.6) is 0 Å². The Labute approximate surface area is 131 Å². The maximum Gasteiger partial charge on any atom is 0.318 e. The van der Waals surface area contributed by atoms with E-state index in [1.165, 1.54) is 32.4 Å². The molecule has 0 spiro atoms. The molecule has 0 aliphatic carbocycles. The van der Waals surface area contributed by atoms with E-state index in [-0.39, 0.29) is 12.1 Å². The van der Waals surface area contributed by atoms with E-state index in [0.29, 0.717) is 6.04 Å². The number of carbonyl (C=O) groups excluding carboxylic acids is 1. The number of aromatic nitrogens is 3. The number of piperidine rings is 1. The normalized spacial score (nSPS) is 24.5. The zero-order valence-electron chi connectivity index (χ0n) is 13.5. The van der Waals surface area contributed by atoms with Gasteiger partial charge in [-0.15, -0.1) is 10.2 Å². The highest BCUT2D eigenvalue weighted by Gasteiger charge is 2.30. The van der Waals surface area contributed by atoms with Gasteiger partial charge in [-0.2, -0.15) is 0 Å². The highest BCUT2D eigenvalue weighted by Crippen LogP contribution is 2.21. The molecule has 7 heteroatoms. The van der Waals surface area contributed by atoms with Gasteiger partial charge in [-0.05, 0) is 45.7 Å². The first-order chi connectivity index (χ1) is 10.6. The number of hydrogen-bond acceptors (Lipinski definition) is 4. The summed E-state index contributed by atoms with van der Waals surface area (Å²) in [5.41, 5.74) is 0. The Morgan fingerprint density at radius 2 is 2.09 bits per heavy atom. The van der Waals surface area contributed by atoms with Crippen LogP contribution >= 0.6 is 0 Å². The molecule has 0 unspecified atom stereocenters. The number of nitrogens with one attached hydrogen (secondary N) is 1. The maximum atomic E-state index is 12.5. The van der Waals surface area contributed by atoms with Gasteiger partial charge in [0.05, 0.1) is 6.04 Å². The zero-order valence-corrected chi connectivity index (χ0v) is 13.5. The lowest BCUT2D eigenvalue weighted by Crippen LogP contribution is -2.52. The van der Waals surface area contributed by atoms with E-state index in [4.69, 9.17) is 0 Å². The van der Waals surface area contributed by atoms with Gasteiger partial charge in [0.15, 0.2) is 5.82 Å². The molecule has 2 fully saturated rings. The summed E-state index contributed by atoms with van der Waals surface area (Å²) in [5, 5.41) is 11.0. The lowest BCUT2D eigenvalue weighted by Gasteiger charge is -2.37. The average Bonchev–Trinajstić information content (AvgIpc) is 3.18. The minimum atomic E-state index is -0.132. The molecule has 22 heavy (non-hydrogen) atoms. The van der Waals surface area contributed by atoms with Gasteiger partial charge in [-0.25, -0.2) is 4.79 Å². The Kier molecular flexibility index (Phi) is 4.61. The molecule has 1 aromatic rings. The molecule has 2 aliphatic heterocycles. The van der Waals surface area contributed by atoms with Crippen molar-refractivity contribution in [3.8, 4) is 0 Å². The standard InChI is InChI=1S/C15H26N6O/c1-12(14-18-16-11-19(14)2)17-15(22)21-9-5-6-13(10-21)20-7-3-4-8-20/h11-13H,3-10H2,1-2H3,(H,17,22)/t12-,13+/m0/s1. The van der Waals surface area contributed by atoms with E-state index in [1.54, 1.807) is 6.33 Å². The van der Waals surface area contributed by atoms with Crippen molar-refractivity contribution in [3.63, 3.8) is 0 Å². The van der Waals surface area contributed by atoms with Crippen molar-refractivity contribution in [2.45, 2.75) is 44.7 Å². The first-order valence-corrected chi connectivity index (χ1v) is 8.28. The second kappa shape index (κ2) is 6.64. The summed E-state index contributed by atoms with van der Waals surface area (Å²) in [6.45, 7) is 6.02. The van der Waals surface area contributed by atoms with Crippen LogP contribution in [0.1, 0.15) is 44.5 Å². The fourth-order valence-electron chi connectivity index (χ4n) is 3.57. The highest BCUT2D eigenvalue weighted by molar-refractivity contribution is 5.74. The molecule has 2 saturated heterocycles. The van der Waals surface area contributed by atoms with Gasteiger partial charge in [-0.1, -0.05) is 0 Å². The SMILES string of the molecule is C[C@H](NC(=O)N1CCC[C@@H](N2CCCC2)C1)c1nncn1C. The summed E-state index contributed by atoms with van der Waals surface area (Å²) in [5.74, 6) is 0.779. The summed E-state index contributed by atoms with van der Waals surface area (Å²) in [6, 6.07) is 0.415. The fourth-order valence-corrected chi connectivity index (χ4v) is 3.57. The van der Waals surface area contributed by atoms with Crippen LogP contribution in [0.25, 0.3) is 0 Å². The number of carbonyl (C=O) groups is 1. The number of rotatable bonds is 3. The fraction of sp³-hybridized carbons (Fsp3) is 0.800. The third-order valence-corrected chi connectivity index (χ3v) is 4.81. The largest absolute Gasteiger partial charge is 0.328 e. The van der Waals surface area contributed by atoms with Gasteiger partial charge in [0.2, 0.25) is 0 Å². The number of amides is 2. The van der Waals surface area contributed by atoms with Gasteiger partial charge < -0.3 is 14.8 Å². The summed E-state index contributed by atoms with van der Waals surface area (Å²) in [4.78, 5) is 17.0.